The van der Waals surface area contributed by atoms with Crippen molar-refractivity contribution in [1.29, 1.82) is 0 Å². The van der Waals surface area contributed by atoms with E-state index in [1.807, 2.05) is 30.3 Å². The minimum Gasteiger partial charge on any atom is -0.395 e. The highest BCUT2D eigenvalue weighted by atomic mass is 16.2. The summed E-state index contributed by atoms with van der Waals surface area (Å²) in [7, 11) is 0. The van der Waals surface area contributed by atoms with Gasteiger partial charge in [-0.1, -0.05) is 30.3 Å². The Bertz CT molecular complexity index is 698. The van der Waals surface area contributed by atoms with Crippen LogP contribution in [0.5, 0.6) is 0 Å². The van der Waals surface area contributed by atoms with Crippen LogP contribution in [0.2, 0.25) is 0 Å². The number of fused-ring (bicyclic) bond motifs is 3. The largest absolute Gasteiger partial charge is 0.395 e. The molecule has 0 amide bonds. The Labute approximate surface area is 97.5 Å². The molecular weight excluding hydrogens is 214 g/mol. The quantitative estimate of drug-likeness (QED) is 0.694. The van der Waals surface area contributed by atoms with Gasteiger partial charge in [0.15, 0.2) is 0 Å². The van der Waals surface area contributed by atoms with Gasteiger partial charge in [0, 0.05) is 5.56 Å². The van der Waals surface area contributed by atoms with E-state index >= 15 is 0 Å². The van der Waals surface area contributed by atoms with Gasteiger partial charge in [-0.05, 0) is 28.5 Å². The molecule has 0 saturated carbocycles. The molecule has 3 rings (SSSR count). The summed E-state index contributed by atoms with van der Waals surface area (Å²) < 4.78 is 0. The number of ketones is 2. The van der Waals surface area contributed by atoms with Crippen LogP contribution in [0.25, 0.3) is 16.8 Å². The van der Waals surface area contributed by atoms with E-state index in [9.17, 15) is 9.59 Å². The molecule has 3 nitrogen and oxygen atoms in total. The third kappa shape index (κ3) is 1.29. The number of carbonyl (C=O) groups excluding carboxylic acids is 2. The molecule has 0 saturated heterocycles. The van der Waals surface area contributed by atoms with Crippen LogP contribution in [0.3, 0.4) is 0 Å². The Kier molecular flexibility index (Phi) is 1.89. The lowest BCUT2D eigenvalue weighted by molar-refractivity contribution is -0.111. The molecule has 2 aromatic rings. The summed E-state index contributed by atoms with van der Waals surface area (Å²) in [6, 6.07) is 11.2. The Morgan fingerprint density at radius 1 is 0.882 bits per heavy atom. The molecule has 0 atom stereocenters. The highest BCUT2D eigenvalue weighted by molar-refractivity contribution is 6.52. The smallest absolute Gasteiger partial charge is 0.249 e. The summed E-state index contributed by atoms with van der Waals surface area (Å²) in [5.74, 6) is -1.14. The van der Waals surface area contributed by atoms with Crippen molar-refractivity contribution >= 4 is 28.4 Å². The predicted molar refractivity (Wildman–Crippen MR) is 65.4 cm³/mol. The number of hydrogen-bond donors (Lipinski definition) is 1. The lowest BCUT2D eigenvalue weighted by Gasteiger charge is -2.13. The van der Waals surface area contributed by atoms with Gasteiger partial charge < -0.3 is 5.73 Å². The van der Waals surface area contributed by atoms with Gasteiger partial charge in [0.2, 0.25) is 11.6 Å². The van der Waals surface area contributed by atoms with E-state index in [4.69, 9.17) is 5.73 Å². The number of carbonyl (C=O) groups is 2. The molecule has 0 heterocycles. The van der Waals surface area contributed by atoms with E-state index < -0.39 is 11.6 Å². The first-order valence-electron chi connectivity index (χ1n) is 5.26. The minimum absolute atomic E-state index is 0.0128. The van der Waals surface area contributed by atoms with Gasteiger partial charge >= 0.3 is 0 Å². The summed E-state index contributed by atoms with van der Waals surface area (Å²) in [4.78, 5) is 23.3. The van der Waals surface area contributed by atoms with E-state index in [-0.39, 0.29) is 5.70 Å². The summed E-state index contributed by atoms with van der Waals surface area (Å²) in [6.45, 7) is 0. The number of benzene rings is 2. The van der Waals surface area contributed by atoms with E-state index in [0.29, 0.717) is 5.56 Å². The third-order valence-electron chi connectivity index (χ3n) is 2.98. The maximum absolute atomic E-state index is 11.8. The van der Waals surface area contributed by atoms with Crippen molar-refractivity contribution in [3.05, 3.63) is 53.2 Å². The van der Waals surface area contributed by atoms with Crippen molar-refractivity contribution in [2.45, 2.75) is 0 Å². The van der Waals surface area contributed by atoms with Crippen molar-refractivity contribution in [2.75, 3.05) is 0 Å². The zero-order chi connectivity index (χ0) is 12.0. The van der Waals surface area contributed by atoms with Gasteiger partial charge in [-0.15, -0.1) is 0 Å². The third-order valence-corrected chi connectivity index (χ3v) is 2.98. The molecule has 1 aliphatic carbocycles. The molecule has 2 aromatic carbocycles. The minimum atomic E-state index is -0.618. The maximum Gasteiger partial charge on any atom is 0.249 e. The molecule has 0 fully saturated rings. The number of nitrogens with two attached hydrogens (primary N) is 1. The first-order chi connectivity index (χ1) is 8.18. The molecule has 82 valence electrons. The molecule has 0 unspecified atom stereocenters. The van der Waals surface area contributed by atoms with Crippen molar-refractivity contribution in [1.82, 2.24) is 0 Å². The fraction of sp³-hybridized carbons (Fsp3) is 0. The van der Waals surface area contributed by atoms with E-state index in [2.05, 4.69) is 0 Å². The topological polar surface area (TPSA) is 60.2 Å². The predicted octanol–water partition coefficient (Wildman–Crippen LogP) is 1.90. The molecule has 0 bridgehead atoms. The van der Waals surface area contributed by atoms with E-state index in [1.165, 1.54) is 0 Å². The average molecular weight is 223 g/mol. The molecule has 0 aromatic heterocycles. The van der Waals surface area contributed by atoms with Crippen molar-refractivity contribution < 1.29 is 9.59 Å². The Morgan fingerprint density at radius 2 is 1.65 bits per heavy atom. The lowest BCUT2D eigenvalue weighted by Crippen LogP contribution is -2.25. The summed E-state index contributed by atoms with van der Waals surface area (Å²) in [5, 5.41) is 1.96. The van der Waals surface area contributed by atoms with E-state index in [1.54, 1.807) is 12.1 Å². The van der Waals surface area contributed by atoms with Crippen LogP contribution in [0.1, 0.15) is 15.9 Å². The van der Waals surface area contributed by atoms with Gasteiger partial charge in [0.1, 0.15) is 0 Å². The fourth-order valence-electron chi connectivity index (χ4n) is 2.12. The molecule has 1 aliphatic rings. The van der Waals surface area contributed by atoms with Crippen LogP contribution in [-0.2, 0) is 4.79 Å². The van der Waals surface area contributed by atoms with Gasteiger partial charge in [-0.25, -0.2) is 0 Å². The van der Waals surface area contributed by atoms with Crippen LogP contribution >= 0.6 is 0 Å². The van der Waals surface area contributed by atoms with Crippen molar-refractivity contribution in [3.63, 3.8) is 0 Å². The number of hydrogen-bond acceptors (Lipinski definition) is 3. The highest BCUT2D eigenvalue weighted by Crippen LogP contribution is 2.28. The summed E-state index contributed by atoms with van der Waals surface area (Å²) in [5.41, 5.74) is 6.75. The average Bonchev–Trinajstić information content (AvgIpc) is 2.36. The zero-order valence-corrected chi connectivity index (χ0v) is 8.94. The van der Waals surface area contributed by atoms with E-state index in [0.717, 1.165) is 16.3 Å². The van der Waals surface area contributed by atoms with Crippen LogP contribution in [0.4, 0.5) is 0 Å². The van der Waals surface area contributed by atoms with Crippen molar-refractivity contribution in [2.24, 2.45) is 5.73 Å². The van der Waals surface area contributed by atoms with Crippen LogP contribution < -0.4 is 5.73 Å². The molecule has 0 aliphatic heterocycles. The molecule has 0 spiro atoms. The lowest BCUT2D eigenvalue weighted by atomic mass is 9.89. The van der Waals surface area contributed by atoms with Gasteiger partial charge in [-0.3, -0.25) is 9.59 Å². The second-order valence-corrected chi connectivity index (χ2v) is 4.01. The van der Waals surface area contributed by atoms with Gasteiger partial charge in [-0.2, -0.15) is 0 Å². The van der Waals surface area contributed by atoms with Crippen LogP contribution in [0.15, 0.2) is 42.1 Å². The van der Waals surface area contributed by atoms with Gasteiger partial charge in [0.05, 0.1) is 5.70 Å². The Hall–Kier alpha value is -2.42. The molecule has 17 heavy (non-hydrogen) atoms. The molecule has 2 N–H and O–H groups in total. The number of allylic oxidation sites excluding steroid dienone is 1. The Balaban J connectivity index is 2.44. The molecule has 0 radical (unpaired) electrons. The molecule has 3 heteroatoms. The van der Waals surface area contributed by atoms with Crippen LogP contribution in [-0.4, -0.2) is 11.6 Å². The normalized spacial score (nSPS) is 14.7. The highest BCUT2D eigenvalue weighted by Gasteiger charge is 2.26. The van der Waals surface area contributed by atoms with Crippen molar-refractivity contribution in [3.8, 4) is 0 Å². The maximum atomic E-state index is 11.8. The summed E-state index contributed by atoms with van der Waals surface area (Å²) in [6.07, 6.45) is 1.58. The number of Topliss-reactive ketones (excluding diaryl/α,β-unsaturated/α-hetero) is 2. The second-order valence-electron chi connectivity index (χ2n) is 4.01. The molecular formula is C14H9NO2. The first-order valence-corrected chi connectivity index (χ1v) is 5.26. The Morgan fingerprint density at radius 3 is 2.47 bits per heavy atom. The zero-order valence-electron chi connectivity index (χ0n) is 8.94. The standard InChI is InChI=1S/C14H9NO2/c15-12-7-11-9-4-2-1-3-8(9)5-6-10(11)13(16)14(12)17/h1-7H,15H2. The second kappa shape index (κ2) is 3.28. The first kappa shape index (κ1) is 9.78. The monoisotopic (exact) mass is 223 g/mol. The van der Waals surface area contributed by atoms with Crippen LogP contribution in [0, 0.1) is 0 Å². The number of rotatable bonds is 0. The van der Waals surface area contributed by atoms with Gasteiger partial charge in [0.25, 0.3) is 0 Å². The SMILES string of the molecule is NC1=Cc2c(ccc3ccccc23)C(=O)C1=O. The summed E-state index contributed by atoms with van der Waals surface area (Å²) >= 11 is 0. The fourth-order valence-corrected chi connectivity index (χ4v) is 2.12.